The van der Waals surface area contributed by atoms with Crippen LogP contribution in [0.3, 0.4) is 0 Å². The van der Waals surface area contributed by atoms with Crippen LogP contribution in [-0.4, -0.2) is 68.9 Å². The Balaban J connectivity index is 1.54. The molecule has 0 bridgehead atoms. The lowest BCUT2D eigenvalue weighted by atomic mass is 9.99. The minimum Gasteiger partial charge on any atom is -0.480 e. The second-order valence-electron chi connectivity index (χ2n) is 10.9. The molecule has 0 fully saturated rings. The maximum atomic E-state index is 12.5. The Morgan fingerprint density at radius 1 is 1.15 bits per heavy atom. The van der Waals surface area contributed by atoms with E-state index in [0.717, 1.165) is 94.0 Å². The van der Waals surface area contributed by atoms with Crippen molar-refractivity contribution in [2.45, 2.75) is 98.1 Å². The van der Waals surface area contributed by atoms with Crippen molar-refractivity contribution in [3.63, 3.8) is 0 Å². The molecule has 2 aromatic rings. The minimum absolute atomic E-state index is 0.169. The van der Waals surface area contributed by atoms with Crippen molar-refractivity contribution < 1.29 is 14.7 Å². The summed E-state index contributed by atoms with van der Waals surface area (Å²) in [6, 6.07) is 5.54. The number of nitrogens with zero attached hydrogens (tertiary/aromatic N) is 4. The van der Waals surface area contributed by atoms with E-state index < -0.39 is 12.0 Å². The molecule has 3 rings (SSSR count). The van der Waals surface area contributed by atoms with E-state index in [2.05, 4.69) is 59.6 Å². The third-order valence-corrected chi connectivity index (χ3v) is 7.84. The average Bonchev–Trinajstić information content (AvgIpc) is 3.25. The fourth-order valence-electron chi connectivity index (χ4n) is 5.28. The first-order chi connectivity index (χ1) is 18.8. The summed E-state index contributed by atoms with van der Waals surface area (Å²) in [5, 5.41) is 20.6. The number of nitrogens with one attached hydrogen (secondary N) is 2. The molecule has 1 atom stereocenters. The van der Waals surface area contributed by atoms with E-state index in [1.54, 1.807) is 0 Å². The summed E-state index contributed by atoms with van der Waals surface area (Å²) in [7, 11) is 0. The maximum Gasteiger partial charge on any atom is 0.326 e. The van der Waals surface area contributed by atoms with Crippen molar-refractivity contribution in [2.24, 2.45) is 5.92 Å². The van der Waals surface area contributed by atoms with Crippen LogP contribution in [0.4, 0.5) is 5.82 Å². The molecule has 39 heavy (non-hydrogen) atoms. The molecule has 0 aliphatic carbocycles. The highest BCUT2D eigenvalue weighted by atomic mass is 16.4. The molecule has 1 aliphatic rings. The summed E-state index contributed by atoms with van der Waals surface area (Å²) < 4.78 is 2.01. The number of fused-ring (bicyclic) bond motifs is 1. The molecular weight excluding hydrogens is 492 g/mol. The number of hydrogen-bond donors (Lipinski definition) is 3. The first-order valence-electron chi connectivity index (χ1n) is 14.8. The third-order valence-electron chi connectivity index (χ3n) is 7.84. The van der Waals surface area contributed by atoms with Crippen molar-refractivity contribution in [3.8, 4) is 0 Å². The van der Waals surface area contributed by atoms with Crippen LogP contribution in [0.25, 0.3) is 0 Å². The summed E-state index contributed by atoms with van der Waals surface area (Å²) >= 11 is 0. The lowest BCUT2D eigenvalue weighted by molar-refractivity contribution is -0.142. The van der Waals surface area contributed by atoms with Crippen molar-refractivity contribution in [1.29, 1.82) is 0 Å². The molecule has 0 saturated heterocycles. The topological polar surface area (TPSA) is 112 Å². The van der Waals surface area contributed by atoms with Crippen LogP contribution in [0, 0.1) is 19.8 Å². The molecule has 1 unspecified atom stereocenters. The highest BCUT2D eigenvalue weighted by Gasteiger charge is 2.22. The van der Waals surface area contributed by atoms with E-state index in [1.807, 2.05) is 11.6 Å². The van der Waals surface area contributed by atoms with Crippen LogP contribution >= 0.6 is 0 Å². The minimum atomic E-state index is -0.974. The molecule has 0 aromatic carbocycles. The zero-order valence-electron chi connectivity index (χ0n) is 24.3. The van der Waals surface area contributed by atoms with Gasteiger partial charge in [-0.25, -0.2) is 9.78 Å². The van der Waals surface area contributed by atoms with Gasteiger partial charge in [0.2, 0.25) is 5.91 Å². The average molecular weight is 541 g/mol. The first kappa shape index (κ1) is 30.6. The SMILES string of the molecule is CCC(CC)CC(=O)NC(CCN(CCCCc1ccc2c(n1)NCCC2)CCn1nc(C)cc1C)C(=O)O. The second-order valence-corrected chi connectivity index (χ2v) is 10.9. The predicted octanol–water partition coefficient (Wildman–Crippen LogP) is 4.36. The van der Waals surface area contributed by atoms with Gasteiger partial charge in [-0.1, -0.05) is 32.8 Å². The largest absolute Gasteiger partial charge is 0.480 e. The van der Waals surface area contributed by atoms with Gasteiger partial charge in [-0.05, 0) is 82.5 Å². The van der Waals surface area contributed by atoms with E-state index in [0.29, 0.717) is 19.4 Å². The summed E-state index contributed by atoms with van der Waals surface area (Å²) in [4.78, 5) is 31.6. The van der Waals surface area contributed by atoms with Gasteiger partial charge in [0.1, 0.15) is 11.9 Å². The van der Waals surface area contributed by atoms with Crippen LogP contribution < -0.4 is 10.6 Å². The smallest absolute Gasteiger partial charge is 0.326 e. The Hall–Kier alpha value is -2.94. The van der Waals surface area contributed by atoms with Gasteiger partial charge in [0, 0.05) is 37.4 Å². The number of carbonyl (C=O) groups is 2. The van der Waals surface area contributed by atoms with Gasteiger partial charge in [0.15, 0.2) is 0 Å². The van der Waals surface area contributed by atoms with Gasteiger partial charge in [-0.3, -0.25) is 9.48 Å². The fourth-order valence-corrected chi connectivity index (χ4v) is 5.28. The standard InChI is InChI=1S/C30H48N6O3/c1-5-24(6-2)21-28(37)33-27(30(38)39)14-17-35(18-19-36-23(4)20-22(3)34-36)16-8-7-11-26-13-12-25-10-9-15-31-29(25)32-26/h12-13,20,24,27H,5-11,14-19,21H2,1-4H3,(H,31,32)(H,33,37)(H,38,39). The Morgan fingerprint density at radius 3 is 2.64 bits per heavy atom. The zero-order valence-corrected chi connectivity index (χ0v) is 24.3. The first-order valence-corrected chi connectivity index (χ1v) is 14.8. The van der Waals surface area contributed by atoms with E-state index >= 15 is 0 Å². The maximum absolute atomic E-state index is 12.5. The highest BCUT2D eigenvalue weighted by molar-refractivity contribution is 5.83. The molecule has 3 heterocycles. The number of unbranched alkanes of at least 4 members (excludes halogenated alkanes) is 1. The van der Waals surface area contributed by atoms with Gasteiger partial charge in [-0.15, -0.1) is 0 Å². The van der Waals surface area contributed by atoms with E-state index in [4.69, 9.17) is 4.98 Å². The number of amides is 1. The molecule has 9 heteroatoms. The number of aliphatic carboxylic acids is 1. The normalized spacial score (nSPS) is 13.8. The molecule has 0 radical (unpaired) electrons. The zero-order chi connectivity index (χ0) is 28.2. The molecule has 0 spiro atoms. The second kappa shape index (κ2) is 15.6. The van der Waals surface area contributed by atoms with Crippen molar-refractivity contribution in [3.05, 3.63) is 40.8 Å². The van der Waals surface area contributed by atoms with Crippen LogP contribution in [0.1, 0.15) is 81.4 Å². The molecule has 1 aliphatic heterocycles. The lowest BCUT2D eigenvalue weighted by Crippen LogP contribution is -2.44. The van der Waals surface area contributed by atoms with E-state index in [9.17, 15) is 14.7 Å². The Bertz CT molecular complexity index is 1060. The number of carbonyl (C=O) groups excluding carboxylic acids is 1. The van der Waals surface area contributed by atoms with Crippen LogP contribution in [0.5, 0.6) is 0 Å². The number of anilines is 1. The van der Waals surface area contributed by atoms with Gasteiger partial charge in [-0.2, -0.15) is 5.10 Å². The number of carboxylic acid groups (broad SMARTS) is 1. The molecule has 216 valence electrons. The van der Waals surface area contributed by atoms with E-state index in [1.165, 1.54) is 5.56 Å². The summed E-state index contributed by atoms with van der Waals surface area (Å²) in [5.74, 6) is 0.184. The molecule has 3 N–H and O–H groups in total. The number of hydrogen-bond acceptors (Lipinski definition) is 6. The van der Waals surface area contributed by atoms with Crippen LogP contribution in [0.15, 0.2) is 18.2 Å². The summed E-state index contributed by atoms with van der Waals surface area (Å²) in [6.45, 7) is 12.1. The number of aromatic nitrogens is 3. The third kappa shape index (κ3) is 9.95. The Morgan fingerprint density at radius 2 is 1.95 bits per heavy atom. The number of aryl methyl sites for hydroxylation is 4. The van der Waals surface area contributed by atoms with Gasteiger partial charge >= 0.3 is 5.97 Å². The molecule has 9 nitrogen and oxygen atoms in total. The Kier molecular flexibility index (Phi) is 12.2. The quantitative estimate of drug-likeness (QED) is 0.256. The number of pyridine rings is 1. The van der Waals surface area contributed by atoms with E-state index in [-0.39, 0.29) is 11.8 Å². The highest BCUT2D eigenvalue weighted by Crippen LogP contribution is 2.20. The number of carboxylic acids is 1. The Labute approximate surface area is 233 Å². The monoisotopic (exact) mass is 540 g/mol. The van der Waals surface area contributed by atoms with Gasteiger partial charge in [0.25, 0.3) is 0 Å². The molecule has 0 saturated carbocycles. The molecule has 2 aromatic heterocycles. The predicted molar refractivity (Wildman–Crippen MR) is 155 cm³/mol. The van der Waals surface area contributed by atoms with Gasteiger partial charge in [0.05, 0.1) is 12.2 Å². The van der Waals surface area contributed by atoms with Crippen molar-refractivity contribution in [2.75, 3.05) is 31.5 Å². The molecular formula is C30H48N6O3. The number of rotatable bonds is 17. The van der Waals surface area contributed by atoms with Gasteiger partial charge < -0.3 is 20.6 Å². The summed E-state index contributed by atoms with van der Waals surface area (Å²) in [6.07, 6.45) is 7.76. The van der Waals surface area contributed by atoms with Crippen molar-refractivity contribution in [1.82, 2.24) is 25.0 Å². The van der Waals surface area contributed by atoms with Crippen molar-refractivity contribution >= 4 is 17.7 Å². The molecule has 1 amide bonds. The van der Waals surface area contributed by atoms with Crippen LogP contribution in [0.2, 0.25) is 0 Å². The summed E-state index contributed by atoms with van der Waals surface area (Å²) in [5.41, 5.74) is 4.54. The fraction of sp³-hybridized carbons (Fsp3) is 0.667. The lowest BCUT2D eigenvalue weighted by Gasteiger charge is -2.25. The van der Waals surface area contributed by atoms with Crippen LogP contribution in [-0.2, 0) is 29.0 Å².